The third kappa shape index (κ3) is 4.12. The summed E-state index contributed by atoms with van der Waals surface area (Å²) in [5, 5.41) is 0. The summed E-state index contributed by atoms with van der Waals surface area (Å²) in [6.07, 6.45) is 0.920. The van der Waals surface area contributed by atoms with Gasteiger partial charge in [-0.2, -0.15) is 0 Å². The second-order valence-electron chi connectivity index (χ2n) is 5.94. The molecule has 0 aliphatic rings. The lowest BCUT2D eigenvalue weighted by molar-refractivity contribution is -0.140. The van der Waals surface area contributed by atoms with Crippen molar-refractivity contribution in [1.82, 2.24) is 4.90 Å². The lowest BCUT2D eigenvalue weighted by Crippen LogP contribution is -2.40. The van der Waals surface area contributed by atoms with E-state index in [0.29, 0.717) is 0 Å². The van der Waals surface area contributed by atoms with Gasteiger partial charge < -0.3 is 4.90 Å². The molecule has 0 saturated heterocycles. The van der Waals surface area contributed by atoms with E-state index in [1.54, 1.807) is 4.90 Å². The Morgan fingerprint density at radius 2 is 1.57 bits per heavy atom. The van der Waals surface area contributed by atoms with Crippen molar-refractivity contribution in [2.75, 3.05) is 13.6 Å². The van der Waals surface area contributed by atoms with Crippen LogP contribution in [0.1, 0.15) is 48.0 Å². The van der Waals surface area contributed by atoms with Gasteiger partial charge in [-0.1, -0.05) is 34.6 Å². The number of hydrogen-bond donors (Lipinski definition) is 0. The zero-order valence-corrected chi connectivity index (χ0v) is 10.8. The van der Waals surface area contributed by atoms with E-state index in [9.17, 15) is 4.79 Å². The summed E-state index contributed by atoms with van der Waals surface area (Å²) < 4.78 is 0. The molecule has 0 heterocycles. The first kappa shape index (κ1) is 13.5. The molecule has 0 fully saturated rings. The number of carbonyl (C=O) groups is 1. The predicted molar refractivity (Wildman–Crippen MR) is 61.2 cm³/mol. The summed E-state index contributed by atoms with van der Waals surface area (Å²) in [7, 11) is 1.87. The van der Waals surface area contributed by atoms with Crippen LogP contribution in [0.3, 0.4) is 0 Å². The lowest BCUT2D eigenvalue weighted by Gasteiger charge is -2.34. The molecule has 0 radical (unpaired) electrons. The third-order valence-corrected chi connectivity index (χ3v) is 2.37. The van der Waals surface area contributed by atoms with Crippen LogP contribution in [0.5, 0.6) is 0 Å². The van der Waals surface area contributed by atoms with Crippen LogP contribution >= 0.6 is 0 Å². The van der Waals surface area contributed by atoms with Crippen molar-refractivity contribution in [2.24, 2.45) is 10.8 Å². The van der Waals surface area contributed by atoms with E-state index in [1.807, 2.05) is 27.8 Å². The van der Waals surface area contributed by atoms with E-state index in [-0.39, 0.29) is 16.7 Å². The molecule has 0 atom stereocenters. The average molecular weight is 199 g/mol. The molecule has 1 amide bonds. The van der Waals surface area contributed by atoms with Crippen molar-refractivity contribution < 1.29 is 4.79 Å². The average Bonchev–Trinajstić information content (AvgIpc) is 1.97. The highest BCUT2D eigenvalue weighted by Crippen LogP contribution is 2.34. The molecule has 0 N–H and O–H groups in total. The molecule has 2 nitrogen and oxygen atoms in total. The van der Waals surface area contributed by atoms with E-state index in [2.05, 4.69) is 20.8 Å². The molecule has 0 aromatic heterocycles. The Morgan fingerprint density at radius 1 is 1.14 bits per heavy atom. The first-order valence-corrected chi connectivity index (χ1v) is 5.36. The zero-order chi connectivity index (χ0) is 11.6. The highest BCUT2D eigenvalue weighted by atomic mass is 16.2. The molecule has 0 rings (SSSR count). The fourth-order valence-electron chi connectivity index (χ4n) is 2.06. The summed E-state index contributed by atoms with van der Waals surface area (Å²) in [5.74, 6) is 0.245. The summed E-state index contributed by atoms with van der Waals surface area (Å²) in [6, 6.07) is 0. The molecule has 0 spiro atoms. The SMILES string of the molecule is CCN(C)C(=O)C(C)(C)CC(C)(C)C. The molecular weight excluding hydrogens is 174 g/mol. The van der Waals surface area contributed by atoms with Crippen molar-refractivity contribution in [2.45, 2.75) is 48.0 Å². The van der Waals surface area contributed by atoms with Crippen molar-refractivity contribution in [1.29, 1.82) is 0 Å². The molecule has 0 aromatic rings. The quantitative estimate of drug-likeness (QED) is 0.684. The van der Waals surface area contributed by atoms with E-state index < -0.39 is 0 Å². The Bertz CT molecular complexity index is 201. The maximum absolute atomic E-state index is 12.0. The standard InChI is InChI=1S/C12H25NO/c1-8-13(7)10(14)12(5,6)9-11(2,3)4/h8-9H2,1-7H3. The van der Waals surface area contributed by atoms with Gasteiger partial charge in [0.15, 0.2) is 0 Å². The van der Waals surface area contributed by atoms with Crippen LogP contribution in [0.15, 0.2) is 0 Å². The van der Waals surface area contributed by atoms with Crippen LogP contribution in [0.25, 0.3) is 0 Å². The van der Waals surface area contributed by atoms with E-state index in [1.165, 1.54) is 0 Å². The van der Waals surface area contributed by atoms with Crippen LogP contribution in [-0.4, -0.2) is 24.4 Å². The normalized spacial score (nSPS) is 12.8. The van der Waals surface area contributed by atoms with Crippen LogP contribution in [0.2, 0.25) is 0 Å². The van der Waals surface area contributed by atoms with Crippen LogP contribution < -0.4 is 0 Å². The molecule has 0 bridgehead atoms. The molecule has 84 valence electrons. The molecule has 0 aliphatic carbocycles. The molecule has 0 saturated carbocycles. The Hall–Kier alpha value is -0.530. The maximum atomic E-state index is 12.0. The molecule has 2 heteroatoms. The largest absolute Gasteiger partial charge is 0.346 e. The zero-order valence-electron chi connectivity index (χ0n) is 10.8. The van der Waals surface area contributed by atoms with Gasteiger partial charge in [0.2, 0.25) is 5.91 Å². The Labute approximate surface area is 88.7 Å². The number of amides is 1. The first-order chi connectivity index (χ1) is 6.10. The first-order valence-electron chi connectivity index (χ1n) is 5.36. The van der Waals surface area contributed by atoms with Crippen LogP contribution in [0, 0.1) is 10.8 Å². The van der Waals surface area contributed by atoms with Gasteiger partial charge in [0.25, 0.3) is 0 Å². The highest BCUT2D eigenvalue weighted by molar-refractivity contribution is 5.81. The van der Waals surface area contributed by atoms with Gasteiger partial charge in [-0.05, 0) is 18.8 Å². The second kappa shape index (κ2) is 4.33. The van der Waals surface area contributed by atoms with Gasteiger partial charge in [0, 0.05) is 19.0 Å². The van der Waals surface area contributed by atoms with E-state index in [0.717, 1.165) is 13.0 Å². The number of carbonyl (C=O) groups excluding carboxylic acids is 1. The fourth-order valence-corrected chi connectivity index (χ4v) is 2.06. The van der Waals surface area contributed by atoms with Gasteiger partial charge in [-0.15, -0.1) is 0 Å². The minimum atomic E-state index is -0.247. The van der Waals surface area contributed by atoms with Gasteiger partial charge in [0.1, 0.15) is 0 Å². The van der Waals surface area contributed by atoms with Crippen molar-refractivity contribution in [3.63, 3.8) is 0 Å². The Morgan fingerprint density at radius 3 is 1.86 bits per heavy atom. The van der Waals surface area contributed by atoms with Crippen molar-refractivity contribution >= 4 is 5.91 Å². The van der Waals surface area contributed by atoms with Gasteiger partial charge in [-0.25, -0.2) is 0 Å². The highest BCUT2D eigenvalue weighted by Gasteiger charge is 2.33. The molecule has 0 aliphatic heterocycles. The van der Waals surface area contributed by atoms with Crippen molar-refractivity contribution in [3.05, 3.63) is 0 Å². The molecular formula is C12H25NO. The topological polar surface area (TPSA) is 20.3 Å². The Kier molecular flexibility index (Phi) is 4.16. The maximum Gasteiger partial charge on any atom is 0.227 e. The van der Waals surface area contributed by atoms with Crippen LogP contribution in [-0.2, 0) is 4.79 Å². The van der Waals surface area contributed by atoms with Gasteiger partial charge >= 0.3 is 0 Å². The lowest BCUT2D eigenvalue weighted by atomic mass is 9.75. The second-order valence-corrected chi connectivity index (χ2v) is 5.94. The van der Waals surface area contributed by atoms with E-state index >= 15 is 0 Å². The minimum Gasteiger partial charge on any atom is -0.346 e. The number of hydrogen-bond acceptors (Lipinski definition) is 1. The molecule has 14 heavy (non-hydrogen) atoms. The Balaban J connectivity index is 4.54. The predicted octanol–water partition coefficient (Wildman–Crippen LogP) is 2.93. The minimum absolute atomic E-state index is 0.202. The summed E-state index contributed by atoms with van der Waals surface area (Å²) in [6.45, 7) is 13.4. The van der Waals surface area contributed by atoms with Gasteiger partial charge in [0.05, 0.1) is 0 Å². The van der Waals surface area contributed by atoms with Crippen molar-refractivity contribution in [3.8, 4) is 0 Å². The summed E-state index contributed by atoms with van der Waals surface area (Å²) >= 11 is 0. The molecule has 0 unspecified atom stereocenters. The third-order valence-electron chi connectivity index (χ3n) is 2.37. The smallest absolute Gasteiger partial charge is 0.227 e. The fraction of sp³-hybridized carbons (Fsp3) is 0.917. The number of rotatable bonds is 3. The van der Waals surface area contributed by atoms with Crippen LogP contribution in [0.4, 0.5) is 0 Å². The summed E-state index contributed by atoms with van der Waals surface area (Å²) in [5.41, 5.74) is -0.0449. The number of nitrogens with zero attached hydrogens (tertiary/aromatic N) is 1. The van der Waals surface area contributed by atoms with E-state index in [4.69, 9.17) is 0 Å². The molecule has 0 aromatic carbocycles. The summed E-state index contributed by atoms with van der Waals surface area (Å²) in [4.78, 5) is 13.8. The van der Waals surface area contributed by atoms with Gasteiger partial charge in [-0.3, -0.25) is 4.79 Å². The monoisotopic (exact) mass is 199 g/mol.